The van der Waals surface area contributed by atoms with Crippen molar-refractivity contribution in [3.63, 3.8) is 0 Å². The maximum Gasteiger partial charge on any atom is 0.264 e. The Kier molecular flexibility index (Phi) is 4.80. The second kappa shape index (κ2) is 7.60. The van der Waals surface area contributed by atoms with E-state index in [9.17, 15) is 4.79 Å². The maximum atomic E-state index is 13.0. The molecule has 0 N–H and O–H groups in total. The average molecular weight is 418 g/mol. The van der Waals surface area contributed by atoms with Crippen LogP contribution in [0.5, 0.6) is 0 Å². The molecule has 0 radical (unpaired) electrons. The third-order valence-corrected chi connectivity index (χ3v) is 7.81. The van der Waals surface area contributed by atoms with E-state index in [4.69, 9.17) is 5.26 Å². The van der Waals surface area contributed by atoms with Crippen LogP contribution in [-0.2, 0) is 6.54 Å². The van der Waals surface area contributed by atoms with Crippen LogP contribution < -0.4 is 0 Å². The predicted molar refractivity (Wildman–Crippen MR) is 120 cm³/mol. The molecule has 0 atom stereocenters. The second-order valence-electron chi connectivity index (χ2n) is 7.28. The minimum atomic E-state index is 0.153. The summed E-state index contributed by atoms with van der Waals surface area (Å²) in [6, 6.07) is 20.4. The molecule has 0 unspecified atom stereocenters. The standard InChI is InChI=1S/C23H19N3OS2/c24-14-16-5-7-17(8-6-16)15-25-9-11-26(12-10-25)23(27)21-13-20-22(29-21)18-3-1-2-4-19(18)28-20/h1-8,13H,9-12,15H2. The van der Waals surface area contributed by atoms with Gasteiger partial charge in [-0.25, -0.2) is 0 Å². The highest BCUT2D eigenvalue weighted by atomic mass is 32.1. The lowest BCUT2D eigenvalue weighted by Crippen LogP contribution is -2.48. The van der Waals surface area contributed by atoms with Crippen molar-refractivity contribution in [2.45, 2.75) is 6.54 Å². The number of hydrogen-bond donors (Lipinski definition) is 0. The first-order valence-electron chi connectivity index (χ1n) is 9.63. The number of carbonyl (C=O) groups excluding carboxylic acids is 1. The maximum absolute atomic E-state index is 13.0. The first kappa shape index (κ1) is 18.3. The Labute approximate surface area is 177 Å². The molecule has 1 saturated heterocycles. The van der Waals surface area contributed by atoms with Gasteiger partial charge in [-0.05, 0) is 29.8 Å². The summed E-state index contributed by atoms with van der Waals surface area (Å²) in [6.45, 7) is 4.10. The minimum Gasteiger partial charge on any atom is -0.335 e. The zero-order valence-electron chi connectivity index (χ0n) is 15.8. The number of hydrogen-bond acceptors (Lipinski definition) is 5. The van der Waals surface area contributed by atoms with E-state index in [1.807, 2.05) is 29.2 Å². The summed E-state index contributed by atoms with van der Waals surface area (Å²) in [5, 5.41) is 10.2. The fraction of sp³-hybridized carbons (Fsp3) is 0.217. The summed E-state index contributed by atoms with van der Waals surface area (Å²) in [5.74, 6) is 0.153. The van der Waals surface area contributed by atoms with E-state index >= 15 is 0 Å². The molecule has 144 valence electrons. The SMILES string of the molecule is N#Cc1ccc(CN2CCN(C(=O)c3cc4sc5ccccc5c4s3)CC2)cc1. The molecular weight excluding hydrogens is 398 g/mol. The lowest BCUT2D eigenvalue weighted by atomic mass is 10.1. The van der Waals surface area contributed by atoms with Crippen molar-refractivity contribution in [1.29, 1.82) is 5.26 Å². The molecule has 3 heterocycles. The third kappa shape index (κ3) is 3.53. The van der Waals surface area contributed by atoms with Crippen LogP contribution in [0, 0.1) is 11.3 Å². The van der Waals surface area contributed by atoms with Crippen LogP contribution >= 0.6 is 22.7 Å². The van der Waals surface area contributed by atoms with E-state index in [0.29, 0.717) is 5.56 Å². The zero-order chi connectivity index (χ0) is 19.8. The lowest BCUT2D eigenvalue weighted by Gasteiger charge is -2.34. The van der Waals surface area contributed by atoms with Gasteiger partial charge in [0.15, 0.2) is 0 Å². The van der Waals surface area contributed by atoms with Gasteiger partial charge >= 0.3 is 0 Å². The van der Waals surface area contributed by atoms with Crippen LogP contribution in [0.1, 0.15) is 20.8 Å². The van der Waals surface area contributed by atoms with Crippen LogP contribution in [0.3, 0.4) is 0 Å². The van der Waals surface area contributed by atoms with Crippen molar-refractivity contribution in [2.75, 3.05) is 26.2 Å². The fourth-order valence-electron chi connectivity index (χ4n) is 3.81. The van der Waals surface area contributed by atoms with Gasteiger partial charge in [-0.3, -0.25) is 9.69 Å². The van der Waals surface area contributed by atoms with E-state index in [1.54, 1.807) is 22.7 Å². The van der Waals surface area contributed by atoms with Crippen molar-refractivity contribution < 1.29 is 4.79 Å². The summed E-state index contributed by atoms with van der Waals surface area (Å²) in [4.78, 5) is 18.2. The topological polar surface area (TPSA) is 47.3 Å². The number of thiophene rings is 2. The number of nitriles is 1. The molecule has 1 aliphatic heterocycles. The number of piperazine rings is 1. The first-order valence-corrected chi connectivity index (χ1v) is 11.3. The molecule has 0 spiro atoms. The molecule has 5 rings (SSSR count). The Bertz CT molecular complexity index is 1220. The summed E-state index contributed by atoms with van der Waals surface area (Å²) in [6.07, 6.45) is 0. The Balaban J connectivity index is 1.25. The van der Waals surface area contributed by atoms with Gasteiger partial charge in [0, 0.05) is 47.5 Å². The number of benzene rings is 2. The smallest absolute Gasteiger partial charge is 0.264 e. The molecule has 0 aliphatic carbocycles. The predicted octanol–water partition coefficient (Wildman–Crippen LogP) is 4.95. The van der Waals surface area contributed by atoms with Crippen molar-refractivity contribution in [1.82, 2.24) is 9.80 Å². The van der Waals surface area contributed by atoms with Crippen LogP contribution in [0.15, 0.2) is 54.6 Å². The van der Waals surface area contributed by atoms with Crippen molar-refractivity contribution in [2.24, 2.45) is 0 Å². The minimum absolute atomic E-state index is 0.153. The lowest BCUT2D eigenvalue weighted by molar-refractivity contribution is 0.0633. The summed E-state index contributed by atoms with van der Waals surface area (Å²) < 4.78 is 3.72. The molecule has 4 nitrogen and oxygen atoms in total. The van der Waals surface area contributed by atoms with E-state index in [-0.39, 0.29) is 5.91 Å². The first-order chi connectivity index (χ1) is 14.2. The van der Waals surface area contributed by atoms with Gasteiger partial charge in [0.2, 0.25) is 0 Å². The molecule has 1 fully saturated rings. The van der Waals surface area contributed by atoms with Gasteiger partial charge in [-0.1, -0.05) is 30.3 Å². The van der Waals surface area contributed by atoms with Crippen LogP contribution in [0.25, 0.3) is 19.5 Å². The number of fused-ring (bicyclic) bond motifs is 3. The monoisotopic (exact) mass is 417 g/mol. The zero-order valence-corrected chi connectivity index (χ0v) is 17.4. The normalized spacial score (nSPS) is 15.1. The van der Waals surface area contributed by atoms with E-state index in [0.717, 1.165) is 37.6 Å². The molecule has 0 bridgehead atoms. The number of nitrogens with zero attached hydrogens (tertiary/aromatic N) is 3. The van der Waals surface area contributed by atoms with Crippen LogP contribution in [0.2, 0.25) is 0 Å². The van der Waals surface area contributed by atoms with Gasteiger partial charge in [-0.2, -0.15) is 5.26 Å². The molecule has 2 aromatic heterocycles. The van der Waals surface area contributed by atoms with Crippen molar-refractivity contribution in [3.05, 3.63) is 70.6 Å². The van der Waals surface area contributed by atoms with E-state index < -0.39 is 0 Å². The second-order valence-corrected chi connectivity index (χ2v) is 9.42. The summed E-state index contributed by atoms with van der Waals surface area (Å²) in [7, 11) is 0. The van der Waals surface area contributed by atoms with Gasteiger partial charge in [-0.15, -0.1) is 22.7 Å². The Morgan fingerprint density at radius 2 is 1.72 bits per heavy atom. The third-order valence-electron chi connectivity index (χ3n) is 5.41. The van der Waals surface area contributed by atoms with E-state index in [1.165, 1.54) is 25.0 Å². The molecule has 1 amide bonds. The molecule has 29 heavy (non-hydrogen) atoms. The van der Waals surface area contributed by atoms with E-state index in [2.05, 4.69) is 41.3 Å². The summed E-state index contributed by atoms with van der Waals surface area (Å²) >= 11 is 3.38. The molecule has 6 heteroatoms. The molecule has 0 saturated carbocycles. The number of rotatable bonds is 3. The molecule has 1 aliphatic rings. The van der Waals surface area contributed by atoms with Gasteiger partial charge in [0.05, 0.1) is 21.2 Å². The van der Waals surface area contributed by atoms with Gasteiger partial charge in [0.1, 0.15) is 0 Å². The molecule has 4 aromatic rings. The highest BCUT2D eigenvalue weighted by Crippen LogP contribution is 2.39. The Hall–Kier alpha value is -2.72. The number of carbonyl (C=O) groups is 1. The summed E-state index contributed by atoms with van der Waals surface area (Å²) in [5.41, 5.74) is 1.89. The fourth-order valence-corrected chi connectivity index (χ4v) is 6.31. The highest BCUT2D eigenvalue weighted by molar-refractivity contribution is 7.33. The van der Waals surface area contributed by atoms with Gasteiger partial charge in [0.25, 0.3) is 5.91 Å². The Morgan fingerprint density at radius 1 is 0.966 bits per heavy atom. The largest absolute Gasteiger partial charge is 0.335 e. The Morgan fingerprint density at radius 3 is 2.48 bits per heavy atom. The quantitative estimate of drug-likeness (QED) is 0.474. The van der Waals surface area contributed by atoms with Crippen molar-refractivity contribution >= 4 is 48.1 Å². The van der Waals surface area contributed by atoms with Gasteiger partial charge < -0.3 is 4.90 Å². The number of amides is 1. The van der Waals surface area contributed by atoms with Crippen molar-refractivity contribution in [3.8, 4) is 6.07 Å². The van der Waals surface area contributed by atoms with Crippen LogP contribution in [0.4, 0.5) is 0 Å². The van der Waals surface area contributed by atoms with Crippen LogP contribution in [-0.4, -0.2) is 41.9 Å². The molecule has 2 aromatic carbocycles. The highest BCUT2D eigenvalue weighted by Gasteiger charge is 2.24. The molecular formula is C23H19N3OS2. The average Bonchev–Trinajstić information content (AvgIpc) is 3.32.